The predicted molar refractivity (Wildman–Crippen MR) is 94.1 cm³/mol. The molecular weight excluding hydrogens is 333 g/mol. The molecule has 1 saturated carbocycles. The van der Waals surface area contributed by atoms with Gasteiger partial charge in [-0.25, -0.2) is 0 Å². The third kappa shape index (κ3) is 6.30. The molecule has 0 saturated heterocycles. The molecular formula is C14H22Cl3N3O. The third-order valence-corrected chi connectivity index (χ3v) is 3.35. The van der Waals surface area contributed by atoms with Crippen LogP contribution in [0, 0.1) is 0 Å². The van der Waals surface area contributed by atoms with Gasteiger partial charge in [-0.3, -0.25) is 4.79 Å². The van der Waals surface area contributed by atoms with E-state index < -0.39 is 6.04 Å². The molecule has 1 aromatic rings. The molecule has 120 valence electrons. The highest BCUT2D eigenvalue weighted by atomic mass is 35.5. The first-order valence-electron chi connectivity index (χ1n) is 6.72. The van der Waals surface area contributed by atoms with E-state index in [-0.39, 0.29) is 30.7 Å². The first-order valence-corrected chi connectivity index (χ1v) is 7.10. The van der Waals surface area contributed by atoms with E-state index in [2.05, 4.69) is 10.6 Å². The van der Waals surface area contributed by atoms with Crippen molar-refractivity contribution in [1.29, 1.82) is 0 Å². The Morgan fingerprint density at radius 3 is 2.62 bits per heavy atom. The molecule has 0 spiro atoms. The van der Waals surface area contributed by atoms with Crippen LogP contribution in [0.4, 0.5) is 11.4 Å². The fourth-order valence-electron chi connectivity index (χ4n) is 1.86. The molecule has 1 fully saturated rings. The number of carbonyl (C=O) groups is 1. The zero-order valence-electron chi connectivity index (χ0n) is 11.9. The zero-order valence-corrected chi connectivity index (χ0v) is 14.3. The van der Waals surface area contributed by atoms with E-state index in [1.54, 1.807) is 6.07 Å². The molecule has 1 unspecified atom stereocenters. The van der Waals surface area contributed by atoms with E-state index >= 15 is 0 Å². The standard InChI is InChI=1S/C14H20ClN3O.2ClH/c1-2-3-11(16)14(19)18-13-8-9(15)4-7-12(13)17-10-5-6-10;;/h4,7-8,10-11,17H,2-3,5-6,16H2,1H3,(H,18,19);2*1H. The Balaban J connectivity index is 0.00000200. The summed E-state index contributed by atoms with van der Waals surface area (Å²) in [5.41, 5.74) is 7.42. The van der Waals surface area contributed by atoms with Gasteiger partial charge in [-0.05, 0) is 37.5 Å². The Morgan fingerprint density at radius 2 is 2.05 bits per heavy atom. The number of carbonyl (C=O) groups excluding carboxylic acids is 1. The second-order valence-electron chi connectivity index (χ2n) is 4.99. The van der Waals surface area contributed by atoms with Crippen molar-refractivity contribution < 1.29 is 4.79 Å². The van der Waals surface area contributed by atoms with Crippen molar-refractivity contribution in [2.24, 2.45) is 5.73 Å². The average Bonchev–Trinajstić information content (AvgIpc) is 3.17. The maximum absolute atomic E-state index is 12.0. The molecule has 4 nitrogen and oxygen atoms in total. The van der Waals surface area contributed by atoms with Gasteiger partial charge in [-0.15, -0.1) is 24.8 Å². The predicted octanol–water partition coefficient (Wildman–Crippen LogP) is 3.82. The van der Waals surface area contributed by atoms with Crippen molar-refractivity contribution in [2.75, 3.05) is 10.6 Å². The molecule has 0 bridgehead atoms. The molecule has 1 atom stereocenters. The van der Waals surface area contributed by atoms with Gasteiger partial charge in [0.25, 0.3) is 0 Å². The fraction of sp³-hybridized carbons (Fsp3) is 0.500. The van der Waals surface area contributed by atoms with Crippen LogP contribution in [0.25, 0.3) is 0 Å². The summed E-state index contributed by atoms with van der Waals surface area (Å²) >= 11 is 5.98. The number of benzene rings is 1. The lowest BCUT2D eigenvalue weighted by atomic mass is 10.1. The second kappa shape index (κ2) is 9.36. The summed E-state index contributed by atoms with van der Waals surface area (Å²) in [6, 6.07) is 5.50. The van der Waals surface area contributed by atoms with E-state index in [0.29, 0.717) is 23.2 Å². The summed E-state index contributed by atoms with van der Waals surface area (Å²) in [4.78, 5) is 12.0. The molecule has 1 aliphatic carbocycles. The quantitative estimate of drug-likeness (QED) is 0.727. The minimum atomic E-state index is -0.474. The van der Waals surface area contributed by atoms with Crippen LogP contribution in [0.5, 0.6) is 0 Å². The molecule has 0 aromatic heterocycles. The van der Waals surface area contributed by atoms with Crippen LogP contribution in [0.15, 0.2) is 18.2 Å². The number of nitrogens with one attached hydrogen (secondary N) is 2. The van der Waals surface area contributed by atoms with Gasteiger partial charge in [-0.1, -0.05) is 24.9 Å². The summed E-state index contributed by atoms with van der Waals surface area (Å²) in [7, 11) is 0. The number of halogens is 3. The molecule has 7 heteroatoms. The van der Waals surface area contributed by atoms with E-state index in [0.717, 1.165) is 12.1 Å². The monoisotopic (exact) mass is 353 g/mol. The molecule has 0 heterocycles. The number of anilines is 2. The summed E-state index contributed by atoms with van der Waals surface area (Å²) in [6.07, 6.45) is 3.91. The molecule has 2 rings (SSSR count). The largest absolute Gasteiger partial charge is 0.381 e. The van der Waals surface area contributed by atoms with Crippen molar-refractivity contribution in [2.45, 2.75) is 44.7 Å². The first-order chi connectivity index (χ1) is 9.10. The van der Waals surface area contributed by atoms with Gasteiger partial charge in [0.15, 0.2) is 0 Å². The van der Waals surface area contributed by atoms with Crippen LogP contribution in [0.1, 0.15) is 32.6 Å². The summed E-state index contributed by atoms with van der Waals surface area (Å²) in [5, 5.41) is 6.83. The Labute approximate surface area is 143 Å². The lowest BCUT2D eigenvalue weighted by Crippen LogP contribution is -2.35. The Bertz CT molecular complexity index is 467. The maximum Gasteiger partial charge on any atom is 0.241 e. The summed E-state index contributed by atoms with van der Waals surface area (Å²) in [6.45, 7) is 2.01. The van der Waals surface area contributed by atoms with Gasteiger partial charge in [0.2, 0.25) is 5.91 Å². The fourth-order valence-corrected chi connectivity index (χ4v) is 2.03. The van der Waals surface area contributed by atoms with E-state index in [4.69, 9.17) is 17.3 Å². The molecule has 21 heavy (non-hydrogen) atoms. The van der Waals surface area contributed by atoms with Crippen molar-refractivity contribution in [1.82, 2.24) is 0 Å². The minimum Gasteiger partial charge on any atom is -0.381 e. The van der Waals surface area contributed by atoms with Gasteiger partial charge in [0.1, 0.15) is 0 Å². The Morgan fingerprint density at radius 1 is 1.38 bits per heavy atom. The first kappa shape index (κ1) is 20.3. The van der Waals surface area contributed by atoms with Crippen LogP contribution >= 0.6 is 36.4 Å². The van der Waals surface area contributed by atoms with Gasteiger partial charge in [0, 0.05) is 11.1 Å². The van der Waals surface area contributed by atoms with Crippen LogP contribution in [-0.4, -0.2) is 18.0 Å². The topological polar surface area (TPSA) is 67.2 Å². The number of hydrogen-bond donors (Lipinski definition) is 3. The van der Waals surface area contributed by atoms with Crippen LogP contribution in [0.2, 0.25) is 5.02 Å². The second-order valence-corrected chi connectivity index (χ2v) is 5.43. The highest BCUT2D eigenvalue weighted by molar-refractivity contribution is 6.31. The molecule has 1 aliphatic rings. The van der Waals surface area contributed by atoms with Crippen LogP contribution in [0.3, 0.4) is 0 Å². The molecule has 0 radical (unpaired) electrons. The average molecular weight is 355 g/mol. The van der Waals surface area contributed by atoms with Gasteiger partial charge < -0.3 is 16.4 Å². The van der Waals surface area contributed by atoms with Crippen molar-refractivity contribution in [3.63, 3.8) is 0 Å². The lowest BCUT2D eigenvalue weighted by Gasteiger charge is -2.15. The van der Waals surface area contributed by atoms with Gasteiger partial charge in [-0.2, -0.15) is 0 Å². The molecule has 4 N–H and O–H groups in total. The number of nitrogens with two attached hydrogens (primary N) is 1. The maximum atomic E-state index is 12.0. The zero-order chi connectivity index (χ0) is 13.8. The highest BCUT2D eigenvalue weighted by Crippen LogP contribution is 2.31. The normalized spacial score (nSPS) is 14.4. The van der Waals surface area contributed by atoms with Crippen molar-refractivity contribution >= 4 is 53.7 Å². The van der Waals surface area contributed by atoms with Crippen molar-refractivity contribution in [3.05, 3.63) is 23.2 Å². The van der Waals surface area contributed by atoms with E-state index in [1.165, 1.54) is 12.8 Å². The molecule has 1 amide bonds. The van der Waals surface area contributed by atoms with E-state index in [1.807, 2.05) is 19.1 Å². The van der Waals surface area contributed by atoms with E-state index in [9.17, 15) is 4.79 Å². The SMILES string of the molecule is CCCC(N)C(=O)Nc1cc(Cl)ccc1NC1CC1.Cl.Cl. The van der Waals surface area contributed by atoms with Gasteiger partial charge >= 0.3 is 0 Å². The molecule has 1 aromatic carbocycles. The molecule has 0 aliphatic heterocycles. The van der Waals surface area contributed by atoms with Gasteiger partial charge in [0.05, 0.1) is 17.4 Å². The highest BCUT2D eigenvalue weighted by Gasteiger charge is 2.22. The van der Waals surface area contributed by atoms with Crippen LogP contribution in [-0.2, 0) is 4.79 Å². The Hall–Kier alpha value is -0.680. The smallest absolute Gasteiger partial charge is 0.241 e. The number of hydrogen-bond acceptors (Lipinski definition) is 3. The third-order valence-electron chi connectivity index (χ3n) is 3.11. The number of amides is 1. The van der Waals surface area contributed by atoms with Crippen LogP contribution < -0.4 is 16.4 Å². The Kier molecular flexibility index (Phi) is 9.06. The minimum absolute atomic E-state index is 0. The number of rotatable bonds is 6. The van der Waals surface area contributed by atoms with Crippen molar-refractivity contribution in [3.8, 4) is 0 Å². The summed E-state index contributed by atoms with van der Waals surface area (Å²) in [5.74, 6) is -0.164. The lowest BCUT2D eigenvalue weighted by molar-refractivity contribution is -0.117. The summed E-state index contributed by atoms with van der Waals surface area (Å²) < 4.78 is 0.